The summed E-state index contributed by atoms with van der Waals surface area (Å²) in [4.78, 5) is 11.1. The molecule has 1 atom stereocenters. The first kappa shape index (κ1) is 12.5. The first-order chi connectivity index (χ1) is 7.67. The summed E-state index contributed by atoms with van der Waals surface area (Å²) in [5.41, 5.74) is 6.63. The van der Waals surface area contributed by atoms with Crippen LogP contribution in [0.2, 0.25) is 0 Å². The van der Waals surface area contributed by atoms with Gasteiger partial charge in [0.25, 0.3) is 0 Å². The molecule has 4 nitrogen and oxygen atoms in total. The van der Waals surface area contributed by atoms with Crippen molar-refractivity contribution in [3.05, 3.63) is 29.8 Å². The van der Waals surface area contributed by atoms with Crippen LogP contribution in [-0.4, -0.2) is 25.7 Å². The highest BCUT2D eigenvalue weighted by Crippen LogP contribution is 2.14. The number of benzene rings is 1. The number of ether oxygens (including phenoxy) is 2. The van der Waals surface area contributed by atoms with Gasteiger partial charge in [-0.25, -0.2) is 0 Å². The Balaban J connectivity index is 2.66. The Bertz CT molecular complexity index is 352. The summed E-state index contributed by atoms with van der Waals surface area (Å²) in [6, 6.07) is 6.92. The standard InChI is InChI=1S/C12H17NO3/c1-3-16-10-6-4-5-9(7-10)8-11(13)12(14)15-2/h4-7,11H,3,8,13H2,1-2H3. The van der Waals surface area contributed by atoms with Gasteiger partial charge in [-0.05, 0) is 31.0 Å². The number of hydrogen-bond donors (Lipinski definition) is 1. The van der Waals surface area contributed by atoms with Crippen molar-refractivity contribution in [2.75, 3.05) is 13.7 Å². The Hall–Kier alpha value is -1.55. The van der Waals surface area contributed by atoms with Gasteiger partial charge in [0.1, 0.15) is 11.8 Å². The molecule has 1 aromatic carbocycles. The van der Waals surface area contributed by atoms with Crippen LogP contribution in [0.1, 0.15) is 12.5 Å². The van der Waals surface area contributed by atoms with Crippen LogP contribution in [0.5, 0.6) is 5.75 Å². The first-order valence-electron chi connectivity index (χ1n) is 5.22. The van der Waals surface area contributed by atoms with E-state index in [0.29, 0.717) is 13.0 Å². The number of carbonyl (C=O) groups excluding carboxylic acids is 1. The van der Waals surface area contributed by atoms with Crippen LogP contribution < -0.4 is 10.5 Å². The van der Waals surface area contributed by atoms with Crippen molar-refractivity contribution >= 4 is 5.97 Å². The molecule has 1 aromatic rings. The third-order valence-corrected chi connectivity index (χ3v) is 2.17. The van der Waals surface area contributed by atoms with Crippen molar-refractivity contribution in [1.29, 1.82) is 0 Å². The molecule has 0 aliphatic heterocycles. The third-order valence-electron chi connectivity index (χ3n) is 2.17. The molecular formula is C12H17NO3. The molecule has 0 aromatic heterocycles. The van der Waals surface area contributed by atoms with Crippen LogP contribution in [0, 0.1) is 0 Å². The van der Waals surface area contributed by atoms with Crippen LogP contribution in [0.4, 0.5) is 0 Å². The monoisotopic (exact) mass is 223 g/mol. The second-order valence-corrected chi connectivity index (χ2v) is 3.41. The summed E-state index contributed by atoms with van der Waals surface area (Å²) < 4.78 is 9.92. The molecule has 0 saturated heterocycles. The van der Waals surface area contributed by atoms with Gasteiger partial charge in [0.05, 0.1) is 13.7 Å². The third kappa shape index (κ3) is 3.55. The van der Waals surface area contributed by atoms with Crippen molar-refractivity contribution < 1.29 is 14.3 Å². The van der Waals surface area contributed by atoms with E-state index in [1.807, 2.05) is 31.2 Å². The van der Waals surface area contributed by atoms with Crippen LogP contribution >= 0.6 is 0 Å². The smallest absolute Gasteiger partial charge is 0.322 e. The molecule has 4 heteroatoms. The minimum Gasteiger partial charge on any atom is -0.494 e. The zero-order valence-corrected chi connectivity index (χ0v) is 9.60. The largest absolute Gasteiger partial charge is 0.494 e. The van der Waals surface area contributed by atoms with Crippen LogP contribution in [0.15, 0.2) is 24.3 Å². The highest BCUT2D eigenvalue weighted by Gasteiger charge is 2.14. The second-order valence-electron chi connectivity index (χ2n) is 3.41. The fourth-order valence-corrected chi connectivity index (χ4v) is 1.42. The van der Waals surface area contributed by atoms with E-state index in [-0.39, 0.29) is 0 Å². The zero-order valence-electron chi connectivity index (χ0n) is 9.60. The maximum Gasteiger partial charge on any atom is 0.322 e. The topological polar surface area (TPSA) is 61.5 Å². The molecule has 0 amide bonds. The van der Waals surface area contributed by atoms with E-state index in [9.17, 15) is 4.79 Å². The van der Waals surface area contributed by atoms with Crippen molar-refractivity contribution in [2.24, 2.45) is 5.73 Å². The van der Waals surface area contributed by atoms with Gasteiger partial charge in [-0.2, -0.15) is 0 Å². The van der Waals surface area contributed by atoms with Crippen molar-refractivity contribution in [1.82, 2.24) is 0 Å². The summed E-state index contributed by atoms with van der Waals surface area (Å²) in [7, 11) is 1.33. The molecule has 0 fully saturated rings. The molecule has 2 N–H and O–H groups in total. The quantitative estimate of drug-likeness (QED) is 0.760. The summed E-state index contributed by atoms with van der Waals surface area (Å²) >= 11 is 0. The van der Waals surface area contributed by atoms with E-state index < -0.39 is 12.0 Å². The number of esters is 1. The number of rotatable bonds is 5. The van der Waals surface area contributed by atoms with Gasteiger partial charge in [0.15, 0.2) is 0 Å². The number of methoxy groups -OCH3 is 1. The van der Waals surface area contributed by atoms with E-state index in [4.69, 9.17) is 10.5 Å². The zero-order chi connectivity index (χ0) is 12.0. The number of carbonyl (C=O) groups is 1. The lowest BCUT2D eigenvalue weighted by molar-refractivity contribution is -0.142. The van der Waals surface area contributed by atoms with Gasteiger partial charge in [0, 0.05) is 0 Å². The highest BCUT2D eigenvalue weighted by atomic mass is 16.5. The molecule has 0 bridgehead atoms. The van der Waals surface area contributed by atoms with E-state index in [1.54, 1.807) is 0 Å². The Labute approximate surface area is 95.3 Å². The van der Waals surface area contributed by atoms with Gasteiger partial charge < -0.3 is 15.2 Å². The minimum absolute atomic E-state index is 0.401. The van der Waals surface area contributed by atoms with Gasteiger partial charge >= 0.3 is 5.97 Å². The Morgan fingerprint density at radius 1 is 1.50 bits per heavy atom. The highest BCUT2D eigenvalue weighted by molar-refractivity contribution is 5.75. The van der Waals surface area contributed by atoms with Gasteiger partial charge in [-0.15, -0.1) is 0 Å². The van der Waals surface area contributed by atoms with Crippen LogP contribution in [-0.2, 0) is 16.0 Å². The van der Waals surface area contributed by atoms with Crippen LogP contribution in [0.25, 0.3) is 0 Å². The number of hydrogen-bond acceptors (Lipinski definition) is 4. The SMILES string of the molecule is CCOc1cccc(CC(N)C(=O)OC)c1. The van der Waals surface area contributed by atoms with Gasteiger partial charge in [-0.3, -0.25) is 4.79 Å². The predicted molar refractivity (Wildman–Crippen MR) is 61.3 cm³/mol. The van der Waals surface area contributed by atoms with Crippen molar-refractivity contribution in [3.63, 3.8) is 0 Å². The van der Waals surface area contributed by atoms with Crippen LogP contribution in [0.3, 0.4) is 0 Å². The van der Waals surface area contributed by atoms with Gasteiger partial charge in [-0.1, -0.05) is 12.1 Å². The molecule has 1 unspecified atom stereocenters. The van der Waals surface area contributed by atoms with Gasteiger partial charge in [0.2, 0.25) is 0 Å². The molecule has 16 heavy (non-hydrogen) atoms. The second kappa shape index (κ2) is 6.12. The Morgan fingerprint density at radius 3 is 2.88 bits per heavy atom. The molecule has 0 aliphatic carbocycles. The first-order valence-corrected chi connectivity index (χ1v) is 5.22. The maximum absolute atomic E-state index is 11.1. The predicted octanol–water partition coefficient (Wildman–Crippen LogP) is 1.13. The molecule has 0 radical (unpaired) electrons. The van der Waals surface area contributed by atoms with E-state index >= 15 is 0 Å². The summed E-state index contributed by atoms with van der Waals surface area (Å²) in [5, 5.41) is 0. The fourth-order valence-electron chi connectivity index (χ4n) is 1.42. The van der Waals surface area contributed by atoms with Crippen molar-refractivity contribution in [2.45, 2.75) is 19.4 Å². The summed E-state index contributed by atoms with van der Waals surface area (Å²) in [6.45, 7) is 2.54. The Kier molecular flexibility index (Phi) is 4.79. The van der Waals surface area contributed by atoms with E-state index in [0.717, 1.165) is 11.3 Å². The van der Waals surface area contributed by atoms with E-state index in [2.05, 4.69) is 4.74 Å². The normalized spacial score (nSPS) is 11.9. The average Bonchev–Trinajstić information content (AvgIpc) is 2.29. The van der Waals surface area contributed by atoms with E-state index in [1.165, 1.54) is 7.11 Å². The molecule has 0 aliphatic rings. The molecule has 0 saturated carbocycles. The minimum atomic E-state index is -0.623. The molecular weight excluding hydrogens is 206 g/mol. The number of nitrogens with two attached hydrogens (primary N) is 1. The molecule has 1 rings (SSSR count). The molecule has 88 valence electrons. The molecule has 0 spiro atoms. The van der Waals surface area contributed by atoms with Crippen molar-refractivity contribution in [3.8, 4) is 5.75 Å². The summed E-state index contributed by atoms with van der Waals surface area (Å²) in [6.07, 6.45) is 0.452. The summed E-state index contributed by atoms with van der Waals surface area (Å²) in [5.74, 6) is 0.388. The maximum atomic E-state index is 11.1. The lowest BCUT2D eigenvalue weighted by Gasteiger charge is -2.10. The molecule has 0 heterocycles. The average molecular weight is 223 g/mol. The lowest BCUT2D eigenvalue weighted by Crippen LogP contribution is -2.33. The lowest BCUT2D eigenvalue weighted by atomic mass is 10.1. The fraction of sp³-hybridized carbons (Fsp3) is 0.417. The Morgan fingerprint density at radius 2 is 2.25 bits per heavy atom.